The van der Waals surface area contributed by atoms with Crippen molar-refractivity contribution in [1.82, 2.24) is 14.3 Å². The minimum absolute atomic E-state index is 0.0232. The summed E-state index contributed by atoms with van der Waals surface area (Å²) in [5.74, 6) is -2.11. The normalized spacial score (nSPS) is 21.8. The first-order chi connectivity index (χ1) is 16.5. The van der Waals surface area contributed by atoms with Crippen LogP contribution in [0.4, 0.5) is 23.2 Å². The molecular weight excluding hydrogens is 508 g/mol. The van der Waals surface area contributed by atoms with Crippen LogP contribution in [0.2, 0.25) is 0 Å². The standard InChI is InChI=1S/C21H24F4N6O4S/c1-19(2)18(26)30-20(3,10-31(4)36(19,33)34)13-7-12(5-6-14(13)22)29-17(32)15-8-28-16(9-27-15)35-11-21(23,24)25/h5-9H,10-11H2,1-4H3,(H2,26,30)(H,29,32)/t20-/m0/s1. The Morgan fingerprint density at radius 1 is 1.22 bits per heavy atom. The van der Waals surface area contributed by atoms with Crippen LogP contribution in [-0.4, -0.2) is 65.6 Å². The Morgan fingerprint density at radius 2 is 1.89 bits per heavy atom. The molecule has 0 saturated heterocycles. The van der Waals surface area contributed by atoms with Gasteiger partial charge in [0.25, 0.3) is 5.91 Å². The van der Waals surface area contributed by atoms with E-state index >= 15 is 0 Å². The number of likely N-dealkylation sites (N-methyl/N-ethyl adjacent to an activating group) is 1. The van der Waals surface area contributed by atoms with Gasteiger partial charge < -0.3 is 15.8 Å². The average Bonchev–Trinajstić information content (AvgIpc) is 2.82. The van der Waals surface area contributed by atoms with Crippen LogP contribution >= 0.6 is 0 Å². The maximum atomic E-state index is 14.9. The molecule has 3 rings (SSSR count). The highest BCUT2D eigenvalue weighted by Crippen LogP contribution is 2.36. The molecule has 1 atom stereocenters. The summed E-state index contributed by atoms with van der Waals surface area (Å²) in [5.41, 5.74) is 4.46. The van der Waals surface area contributed by atoms with Gasteiger partial charge in [-0.1, -0.05) is 0 Å². The van der Waals surface area contributed by atoms with Gasteiger partial charge in [-0.25, -0.2) is 27.1 Å². The van der Waals surface area contributed by atoms with Crippen molar-refractivity contribution < 1.29 is 35.5 Å². The third-order valence-electron chi connectivity index (χ3n) is 5.62. The van der Waals surface area contributed by atoms with E-state index in [-0.39, 0.29) is 29.3 Å². The van der Waals surface area contributed by atoms with Gasteiger partial charge in [0.1, 0.15) is 27.6 Å². The van der Waals surface area contributed by atoms with E-state index in [0.29, 0.717) is 0 Å². The number of ether oxygens (including phenoxy) is 1. The number of sulfonamides is 1. The number of aliphatic imine (C=N–C) groups is 1. The Morgan fingerprint density at radius 3 is 2.47 bits per heavy atom. The van der Waals surface area contributed by atoms with Crippen molar-refractivity contribution in [2.75, 3.05) is 25.5 Å². The average molecular weight is 533 g/mol. The molecule has 15 heteroatoms. The summed E-state index contributed by atoms with van der Waals surface area (Å²) < 4.78 is 81.4. The second-order valence-corrected chi connectivity index (χ2v) is 11.4. The topological polar surface area (TPSA) is 140 Å². The summed E-state index contributed by atoms with van der Waals surface area (Å²) in [7, 11) is -2.56. The molecule has 1 aliphatic rings. The maximum Gasteiger partial charge on any atom is 0.422 e. The number of nitrogens with one attached hydrogen (secondary N) is 1. The molecule has 1 aromatic carbocycles. The zero-order valence-corrected chi connectivity index (χ0v) is 20.5. The highest BCUT2D eigenvalue weighted by molar-refractivity contribution is 7.91. The molecule has 0 radical (unpaired) electrons. The fourth-order valence-electron chi connectivity index (χ4n) is 3.50. The van der Waals surface area contributed by atoms with Gasteiger partial charge >= 0.3 is 6.18 Å². The molecule has 2 heterocycles. The van der Waals surface area contributed by atoms with E-state index < -0.39 is 50.7 Å². The molecule has 3 N–H and O–H groups in total. The zero-order valence-electron chi connectivity index (χ0n) is 19.7. The monoisotopic (exact) mass is 532 g/mol. The third kappa shape index (κ3) is 5.41. The predicted molar refractivity (Wildman–Crippen MR) is 123 cm³/mol. The van der Waals surface area contributed by atoms with E-state index in [2.05, 4.69) is 25.0 Å². The molecule has 0 aliphatic carbocycles. The molecule has 1 aliphatic heterocycles. The van der Waals surface area contributed by atoms with Crippen LogP contribution in [0.25, 0.3) is 0 Å². The molecule has 0 fully saturated rings. The quantitative estimate of drug-likeness (QED) is 0.564. The van der Waals surface area contributed by atoms with Crippen molar-refractivity contribution in [3.05, 3.63) is 47.7 Å². The van der Waals surface area contributed by atoms with Crippen LogP contribution in [0.5, 0.6) is 5.88 Å². The highest BCUT2D eigenvalue weighted by Gasteiger charge is 2.48. The first-order valence-electron chi connectivity index (χ1n) is 10.4. The Bertz CT molecular complexity index is 1300. The van der Waals surface area contributed by atoms with Crippen LogP contribution in [-0.2, 0) is 15.6 Å². The number of amidine groups is 1. The predicted octanol–water partition coefficient (Wildman–Crippen LogP) is 2.44. The number of carbonyl (C=O) groups is 1. The van der Waals surface area contributed by atoms with Crippen LogP contribution in [0.1, 0.15) is 36.8 Å². The largest absolute Gasteiger partial charge is 0.467 e. The van der Waals surface area contributed by atoms with E-state index in [1.54, 1.807) is 0 Å². The van der Waals surface area contributed by atoms with Gasteiger partial charge in [-0.2, -0.15) is 13.2 Å². The lowest BCUT2D eigenvalue weighted by molar-refractivity contribution is -0.154. The van der Waals surface area contributed by atoms with Gasteiger partial charge in [0.05, 0.1) is 12.4 Å². The number of carbonyl (C=O) groups excluding carboxylic acids is 1. The van der Waals surface area contributed by atoms with Gasteiger partial charge in [-0.05, 0) is 39.0 Å². The Hall–Kier alpha value is -3.33. The number of hydrogen-bond acceptors (Lipinski definition) is 8. The first-order valence-corrected chi connectivity index (χ1v) is 11.8. The molecule has 0 bridgehead atoms. The summed E-state index contributed by atoms with van der Waals surface area (Å²) >= 11 is 0. The molecule has 1 amide bonds. The van der Waals surface area contributed by atoms with Crippen LogP contribution in [0, 0.1) is 5.82 Å². The van der Waals surface area contributed by atoms with Gasteiger partial charge in [0, 0.05) is 24.8 Å². The third-order valence-corrected chi connectivity index (χ3v) is 8.07. The number of halogens is 4. The molecule has 196 valence electrons. The minimum Gasteiger partial charge on any atom is -0.467 e. The van der Waals surface area contributed by atoms with Gasteiger partial charge in [-0.3, -0.25) is 9.79 Å². The van der Waals surface area contributed by atoms with E-state index in [1.807, 2.05) is 0 Å². The van der Waals surface area contributed by atoms with E-state index in [0.717, 1.165) is 22.8 Å². The molecule has 2 aromatic rings. The van der Waals surface area contributed by atoms with Crippen LogP contribution < -0.4 is 15.8 Å². The molecule has 1 aromatic heterocycles. The number of hydrogen-bond donors (Lipinski definition) is 2. The van der Waals surface area contributed by atoms with Gasteiger partial charge in [0.15, 0.2) is 6.61 Å². The number of amides is 1. The maximum absolute atomic E-state index is 14.9. The molecule has 0 spiro atoms. The fourth-order valence-corrected chi connectivity index (χ4v) is 5.01. The summed E-state index contributed by atoms with van der Waals surface area (Å²) in [4.78, 5) is 24.3. The second kappa shape index (κ2) is 9.28. The highest BCUT2D eigenvalue weighted by atomic mass is 32.2. The van der Waals surface area contributed by atoms with E-state index in [4.69, 9.17) is 5.73 Å². The molecule has 10 nitrogen and oxygen atoms in total. The van der Waals surface area contributed by atoms with Crippen molar-refractivity contribution in [3.63, 3.8) is 0 Å². The van der Waals surface area contributed by atoms with E-state index in [9.17, 15) is 30.8 Å². The molecule has 0 unspecified atom stereocenters. The van der Waals surface area contributed by atoms with Crippen molar-refractivity contribution >= 4 is 27.5 Å². The van der Waals surface area contributed by atoms with Crippen molar-refractivity contribution in [3.8, 4) is 5.88 Å². The number of aromatic nitrogens is 2. The van der Waals surface area contributed by atoms with Crippen LogP contribution in [0.15, 0.2) is 35.6 Å². The minimum atomic E-state index is -4.56. The first kappa shape index (κ1) is 27.3. The number of alkyl halides is 3. The fraction of sp³-hybridized carbons (Fsp3) is 0.429. The Kier molecular flexibility index (Phi) is 7.02. The van der Waals surface area contributed by atoms with Gasteiger partial charge in [0.2, 0.25) is 15.9 Å². The lowest BCUT2D eigenvalue weighted by Gasteiger charge is -2.29. The van der Waals surface area contributed by atoms with E-state index in [1.165, 1.54) is 40.0 Å². The summed E-state index contributed by atoms with van der Waals surface area (Å²) in [6.45, 7) is 2.53. The van der Waals surface area contributed by atoms with Crippen molar-refractivity contribution in [1.29, 1.82) is 0 Å². The Balaban J connectivity index is 1.87. The van der Waals surface area contributed by atoms with Gasteiger partial charge in [-0.15, -0.1) is 0 Å². The summed E-state index contributed by atoms with van der Waals surface area (Å²) in [5, 5.41) is 2.49. The Labute approximate surface area is 204 Å². The lowest BCUT2D eigenvalue weighted by atomic mass is 9.91. The summed E-state index contributed by atoms with van der Waals surface area (Å²) in [6.07, 6.45) is -2.78. The lowest BCUT2D eigenvalue weighted by Crippen LogP contribution is -2.50. The number of nitrogens with zero attached hydrogens (tertiary/aromatic N) is 4. The number of rotatable bonds is 5. The smallest absolute Gasteiger partial charge is 0.422 e. The number of anilines is 1. The molecule has 36 heavy (non-hydrogen) atoms. The molecule has 0 saturated carbocycles. The summed E-state index contributed by atoms with van der Waals surface area (Å²) in [6, 6.07) is 3.63. The van der Waals surface area contributed by atoms with Crippen molar-refractivity contribution in [2.24, 2.45) is 10.7 Å². The zero-order chi connectivity index (χ0) is 27.1. The second-order valence-electron chi connectivity index (χ2n) is 8.83. The number of nitrogens with two attached hydrogens (primary N) is 1. The number of benzene rings is 1. The molecular formula is C21H24F4N6O4S. The SMILES string of the molecule is CN1C[C@@](C)(c2cc(NC(=O)c3cnc(OCC(F)(F)F)cn3)ccc2F)N=C(N)C(C)(C)S1(=O)=O. The van der Waals surface area contributed by atoms with Crippen LogP contribution in [0.3, 0.4) is 0 Å². The van der Waals surface area contributed by atoms with Crippen molar-refractivity contribution in [2.45, 2.75) is 37.2 Å².